The van der Waals surface area contributed by atoms with Gasteiger partial charge in [-0.15, -0.1) is 0 Å². The first-order chi connectivity index (χ1) is 5.74. The van der Waals surface area contributed by atoms with Crippen molar-refractivity contribution in [3.8, 4) is 0 Å². The van der Waals surface area contributed by atoms with Crippen LogP contribution < -0.4 is 0 Å². The minimum atomic E-state index is -0.0857. The molecule has 0 spiro atoms. The number of hydrogen-bond donors (Lipinski definition) is 1. The first-order valence-electron chi connectivity index (χ1n) is 5.10. The average molecular weight is 171 g/mol. The molecule has 0 aromatic heterocycles. The quantitative estimate of drug-likeness (QED) is 0.692. The van der Waals surface area contributed by atoms with Gasteiger partial charge in [0.05, 0.1) is 6.10 Å². The summed E-state index contributed by atoms with van der Waals surface area (Å²) in [5, 5.41) is 9.81. The monoisotopic (exact) mass is 171 g/mol. The summed E-state index contributed by atoms with van der Waals surface area (Å²) >= 11 is 0. The van der Waals surface area contributed by atoms with Crippen molar-refractivity contribution in [3.63, 3.8) is 0 Å². The summed E-state index contributed by atoms with van der Waals surface area (Å²) in [4.78, 5) is 2.18. The summed E-state index contributed by atoms with van der Waals surface area (Å²) in [6, 6.07) is 0. The molecule has 0 bridgehead atoms. The second-order valence-corrected chi connectivity index (χ2v) is 3.97. The van der Waals surface area contributed by atoms with Crippen LogP contribution in [0.3, 0.4) is 0 Å². The predicted octanol–water partition coefficient (Wildman–Crippen LogP) is 1.49. The molecule has 2 nitrogen and oxygen atoms in total. The van der Waals surface area contributed by atoms with Gasteiger partial charge in [-0.25, -0.2) is 0 Å². The summed E-state index contributed by atoms with van der Waals surface area (Å²) in [7, 11) is 2.07. The molecule has 0 heterocycles. The molecule has 0 saturated heterocycles. The lowest BCUT2D eigenvalue weighted by atomic mass is 10.0. The van der Waals surface area contributed by atoms with Gasteiger partial charge in [0.2, 0.25) is 0 Å². The van der Waals surface area contributed by atoms with Gasteiger partial charge in [-0.05, 0) is 32.4 Å². The third kappa shape index (κ3) is 2.76. The highest BCUT2D eigenvalue weighted by Crippen LogP contribution is 2.27. The van der Waals surface area contributed by atoms with Crippen LogP contribution >= 0.6 is 0 Å². The summed E-state index contributed by atoms with van der Waals surface area (Å²) < 4.78 is 0. The molecule has 2 heteroatoms. The highest BCUT2D eigenvalue weighted by Gasteiger charge is 2.23. The Morgan fingerprint density at radius 3 is 2.50 bits per heavy atom. The number of rotatable bonds is 4. The Bertz CT molecular complexity index is 121. The van der Waals surface area contributed by atoms with Crippen LogP contribution in [0.2, 0.25) is 0 Å². The summed E-state index contributed by atoms with van der Waals surface area (Å²) in [6.45, 7) is 4.01. The molecule has 0 aromatic rings. The van der Waals surface area contributed by atoms with E-state index in [-0.39, 0.29) is 6.10 Å². The maximum absolute atomic E-state index is 9.81. The van der Waals surface area contributed by atoms with Crippen molar-refractivity contribution in [1.29, 1.82) is 0 Å². The van der Waals surface area contributed by atoms with Gasteiger partial charge >= 0.3 is 0 Å². The fourth-order valence-corrected chi connectivity index (χ4v) is 1.94. The number of likely N-dealkylation sites (N-methyl/N-ethyl adjacent to an activating group) is 1. The lowest BCUT2D eigenvalue weighted by Crippen LogP contribution is -2.33. The van der Waals surface area contributed by atoms with Gasteiger partial charge in [0.25, 0.3) is 0 Å². The van der Waals surface area contributed by atoms with Crippen LogP contribution in [0.4, 0.5) is 0 Å². The molecule has 1 atom stereocenters. The fraction of sp³-hybridized carbons (Fsp3) is 1.00. The van der Waals surface area contributed by atoms with E-state index < -0.39 is 0 Å². The van der Waals surface area contributed by atoms with E-state index in [9.17, 15) is 5.11 Å². The van der Waals surface area contributed by atoms with Crippen molar-refractivity contribution in [2.75, 3.05) is 20.1 Å². The molecule has 0 amide bonds. The van der Waals surface area contributed by atoms with Crippen molar-refractivity contribution in [2.45, 2.75) is 38.7 Å². The van der Waals surface area contributed by atoms with Crippen LogP contribution in [0.25, 0.3) is 0 Å². The van der Waals surface area contributed by atoms with Crippen molar-refractivity contribution in [2.24, 2.45) is 5.92 Å². The topological polar surface area (TPSA) is 23.5 Å². The molecule has 0 aromatic carbocycles. The molecular weight excluding hydrogens is 150 g/mol. The van der Waals surface area contributed by atoms with Crippen molar-refractivity contribution < 1.29 is 5.11 Å². The van der Waals surface area contributed by atoms with E-state index in [0.717, 1.165) is 13.1 Å². The Labute approximate surface area is 75.6 Å². The van der Waals surface area contributed by atoms with Crippen LogP contribution in [0.5, 0.6) is 0 Å². The van der Waals surface area contributed by atoms with Gasteiger partial charge in [0.15, 0.2) is 0 Å². The van der Waals surface area contributed by atoms with Gasteiger partial charge in [0, 0.05) is 6.54 Å². The first-order valence-corrected chi connectivity index (χ1v) is 5.10. The normalized spacial score (nSPS) is 22.0. The Hall–Kier alpha value is -0.0800. The van der Waals surface area contributed by atoms with Crippen LogP contribution in [0.15, 0.2) is 0 Å². The van der Waals surface area contributed by atoms with Gasteiger partial charge in [-0.1, -0.05) is 19.8 Å². The maximum Gasteiger partial charge on any atom is 0.0695 e. The van der Waals surface area contributed by atoms with Gasteiger partial charge in [-0.2, -0.15) is 0 Å². The molecular formula is C10H21NO. The minimum Gasteiger partial charge on any atom is -0.392 e. The van der Waals surface area contributed by atoms with Crippen LogP contribution in [-0.4, -0.2) is 36.2 Å². The highest BCUT2D eigenvalue weighted by molar-refractivity contribution is 4.76. The third-order valence-corrected chi connectivity index (χ3v) is 2.98. The molecule has 0 aliphatic heterocycles. The van der Waals surface area contributed by atoms with Gasteiger partial charge in [0.1, 0.15) is 0 Å². The van der Waals surface area contributed by atoms with Crippen LogP contribution in [-0.2, 0) is 0 Å². The van der Waals surface area contributed by atoms with E-state index in [0.29, 0.717) is 5.92 Å². The van der Waals surface area contributed by atoms with E-state index in [4.69, 9.17) is 0 Å². The van der Waals surface area contributed by atoms with Gasteiger partial charge in [-0.3, -0.25) is 0 Å². The SMILES string of the molecule is CCN(C)CC(O)C1CCCC1. The molecule has 12 heavy (non-hydrogen) atoms. The Kier molecular flexibility index (Phi) is 4.02. The zero-order chi connectivity index (χ0) is 8.97. The second kappa shape index (κ2) is 4.83. The predicted molar refractivity (Wildman–Crippen MR) is 51.1 cm³/mol. The standard InChI is InChI=1S/C10H21NO/c1-3-11(2)8-10(12)9-6-4-5-7-9/h9-10,12H,3-8H2,1-2H3. The molecule has 1 aliphatic carbocycles. The summed E-state index contributed by atoms with van der Waals surface area (Å²) in [6.07, 6.45) is 5.02. The molecule has 72 valence electrons. The van der Waals surface area contributed by atoms with E-state index >= 15 is 0 Å². The fourth-order valence-electron chi connectivity index (χ4n) is 1.94. The molecule has 1 N–H and O–H groups in total. The minimum absolute atomic E-state index is 0.0857. The number of hydrogen-bond acceptors (Lipinski definition) is 2. The zero-order valence-electron chi connectivity index (χ0n) is 8.29. The molecule has 1 saturated carbocycles. The van der Waals surface area contributed by atoms with Crippen LogP contribution in [0, 0.1) is 5.92 Å². The van der Waals surface area contributed by atoms with Crippen molar-refractivity contribution >= 4 is 0 Å². The maximum atomic E-state index is 9.81. The first kappa shape index (κ1) is 10.0. The number of aliphatic hydroxyl groups is 1. The van der Waals surface area contributed by atoms with E-state index in [1.807, 2.05) is 0 Å². The van der Waals surface area contributed by atoms with Gasteiger partial charge < -0.3 is 10.0 Å². The lowest BCUT2D eigenvalue weighted by molar-refractivity contribution is 0.0763. The molecule has 1 rings (SSSR count). The molecule has 1 aliphatic rings. The Morgan fingerprint density at radius 1 is 1.42 bits per heavy atom. The highest BCUT2D eigenvalue weighted by atomic mass is 16.3. The van der Waals surface area contributed by atoms with Crippen molar-refractivity contribution in [3.05, 3.63) is 0 Å². The largest absolute Gasteiger partial charge is 0.392 e. The van der Waals surface area contributed by atoms with E-state index in [1.54, 1.807) is 0 Å². The zero-order valence-corrected chi connectivity index (χ0v) is 8.29. The average Bonchev–Trinajstić information content (AvgIpc) is 2.56. The Balaban J connectivity index is 2.21. The van der Waals surface area contributed by atoms with E-state index in [2.05, 4.69) is 18.9 Å². The molecule has 1 fully saturated rings. The van der Waals surface area contributed by atoms with E-state index in [1.165, 1.54) is 25.7 Å². The van der Waals surface area contributed by atoms with Crippen molar-refractivity contribution in [1.82, 2.24) is 4.90 Å². The van der Waals surface area contributed by atoms with Crippen LogP contribution in [0.1, 0.15) is 32.6 Å². The smallest absolute Gasteiger partial charge is 0.0695 e. The summed E-state index contributed by atoms with van der Waals surface area (Å²) in [5.41, 5.74) is 0. The lowest BCUT2D eigenvalue weighted by Gasteiger charge is -2.23. The second-order valence-electron chi connectivity index (χ2n) is 3.97. The Morgan fingerprint density at radius 2 is 2.00 bits per heavy atom. The molecule has 0 radical (unpaired) electrons. The third-order valence-electron chi connectivity index (χ3n) is 2.98. The number of nitrogens with zero attached hydrogens (tertiary/aromatic N) is 1. The summed E-state index contributed by atoms with van der Waals surface area (Å²) in [5.74, 6) is 0.582. The molecule has 1 unspecified atom stereocenters. The number of aliphatic hydroxyl groups excluding tert-OH is 1.